The van der Waals surface area contributed by atoms with Crippen LogP contribution in [0, 0.1) is 0 Å². The van der Waals surface area contributed by atoms with Crippen molar-refractivity contribution in [3.8, 4) is 0 Å². The zero-order valence-electron chi connectivity index (χ0n) is 5.54. The molecular weight excluding hydrogens is 128 g/mol. The molecular formula is H12B4Si3. The number of hydrogen-bond donors (Lipinski definition) is 0. The van der Waals surface area contributed by atoms with Gasteiger partial charge in [0.15, 0.2) is 0 Å². The lowest BCUT2D eigenvalue weighted by molar-refractivity contribution is 3.91. The van der Waals surface area contributed by atoms with Gasteiger partial charge in [0.25, 0.3) is 0 Å². The Labute approximate surface area is 56.0 Å². The molecule has 7 heavy (non-hydrogen) atoms. The highest BCUT2D eigenvalue weighted by Gasteiger charge is 1.87. The molecule has 0 spiro atoms. The fourth-order valence-electron chi connectivity index (χ4n) is 0.677. The number of hydrogen-bond acceptors (Lipinski definition) is 0. The highest BCUT2D eigenvalue weighted by molar-refractivity contribution is 7.61. The normalized spacial score (nSPS) is 13.1. The smallest absolute Gasteiger partial charge is 0.0452 e. The summed E-state index contributed by atoms with van der Waals surface area (Å²) >= 11 is 0. The van der Waals surface area contributed by atoms with Crippen LogP contribution in [0.5, 0.6) is 0 Å². The summed E-state index contributed by atoms with van der Waals surface area (Å²) in [4.78, 5) is 0. The Kier molecular flexibility index (Phi) is 7.81. The molecule has 0 aromatic heterocycles. The van der Waals surface area contributed by atoms with Crippen molar-refractivity contribution in [1.29, 1.82) is 0 Å². The van der Waals surface area contributed by atoms with Crippen molar-refractivity contribution in [2.75, 3.05) is 0 Å². The molecule has 0 fully saturated rings. The van der Waals surface area contributed by atoms with Crippen LogP contribution in [0.3, 0.4) is 0 Å². The zero-order valence-corrected chi connectivity index (χ0v) is 9.78. The average Bonchev–Trinajstić information content (AvgIpc) is 1.69. The summed E-state index contributed by atoms with van der Waals surface area (Å²) in [6.45, 7) is 3.47. The van der Waals surface area contributed by atoms with Crippen molar-refractivity contribution in [3.63, 3.8) is 0 Å². The Hall–Kier alpha value is 0.910. The van der Waals surface area contributed by atoms with Crippen molar-refractivity contribution in [2.24, 2.45) is 0 Å². The first-order valence-electron chi connectivity index (χ1n) is 3.41. The minimum Gasteiger partial charge on any atom is -0.0452 e. The van der Waals surface area contributed by atoms with Gasteiger partial charge in [-0.05, 0) is 27.8 Å². The Morgan fingerprint density at radius 2 is 1.43 bits per heavy atom. The molecule has 0 nitrogen and oxygen atoms in total. The standard InChI is InChI=1S/B4H12Si3/c1-5-3-7-4-6-2/h3-4H,1-2,5-7H2. The summed E-state index contributed by atoms with van der Waals surface area (Å²) in [5, 5.41) is 0. The van der Waals surface area contributed by atoms with Gasteiger partial charge in [-0.25, -0.2) is 0 Å². The first-order chi connectivity index (χ1) is 3.41. The van der Waals surface area contributed by atoms with Crippen molar-refractivity contribution in [2.45, 2.75) is 0 Å². The Bertz CT molecular complexity index is 26.1. The quantitative estimate of drug-likeness (QED) is 0.269. The van der Waals surface area contributed by atoms with Crippen molar-refractivity contribution in [1.82, 2.24) is 0 Å². The lowest BCUT2D eigenvalue weighted by Gasteiger charge is -1.83. The van der Waals surface area contributed by atoms with Crippen LogP contribution in [0.1, 0.15) is 0 Å². The van der Waals surface area contributed by atoms with Gasteiger partial charge in [-0.1, -0.05) is 0 Å². The van der Waals surface area contributed by atoms with E-state index in [1.54, 1.807) is 12.9 Å². The molecule has 0 saturated carbocycles. The molecule has 0 aliphatic heterocycles. The third kappa shape index (κ3) is 6.91. The van der Waals surface area contributed by atoms with Gasteiger partial charge in [0, 0.05) is 0 Å². The summed E-state index contributed by atoms with van der Waals surface area (Å²) in [7, 11) is 6.36. The molecule has 0 aromatic carbocycles. The third-order valence-electron chi connectivity index (χ3n) is 1.21. The van der Waals surface area contributed by atoms with E-state index >= 15 is 0 Å². The molecule has 0 unspecified atom stereocenters. The summed E-state index contributed by atoms with van der Waals surface area (Å²) in [5.74, 6) is 0. The largest absolute Gasteiger partial charge is 0.0814 e. The summed E-state index contributed by atoms with van der Waals surface area (Å²) in [5.41, 5.74) is 0. The molecule has 0 heterocycles. The van der Waals surface area contributed by atoms with Crippen LogP contribution < -0.4 is 0 Å². The molecule has 0 aliphatic rings. The van der Waals surface area contributed by atoms with E-state index < -0.39 is 0 Å². The first-order valence-corrected chi connectivity index (χ1v) is 10.2. The van der Waals surface area contributed by atoms with E-state index in [1.807, 2.05) is 0 Å². The van der Waals surface area contributed by atoms with E-state index in [9.17, 15) is 0 Å². The van der Waals surface area contributed by atoms with Gasteiger partial charge in [-0.3, -0.25) is 0 Å². The SMILES string of the molecule is B[SiH2]B[SiH2]B[SiH2]B. The van der Waals surface area contributed by atoms with Gasteiger partial charge >= 0.3 is 0 Å². The van der Waals surface area contributed by atoms with Crippen LogP contribution in [-0.4, -0.2) is 55.6 Å². The molecule has 36 valence electrons. The van der Waals surface area contributed by atoms with E-state index in [0.717, 1.165) is 0 Å². The molecule has 0 atom stereocenters. The Morgan fingerprint density at radius 3 is 1.71 bits per heavy atom. The lowest BCUT2D eigenvalue weighted by Crippen LogP contribution is -2.23. The zero-order chi connectivity index (χ0) is 5.54. The maximum Gasteiger partial charge on any atom is 0.0814 e. The molecule has 0 amide bonds. The number of rotatable bonds is 4. The van der Waals surface area contributed by atoms with Gasteiger partial charge in [0.05, 0.1) is 27.8 Å². The highest BCUT2D eigenvalue weighted by atomic mass is 28.3. The van der Waals surface area contributed by atoms with E-state index in [1.165, 1.54) is 0 Å². The van der Waals surface area contributed by atoms with Crippen LogP contribution in [0.2, 0.25) is 0 Å². The highest BCUT2D eigenvalue weighted by Crippen LogP contribution is 1.47. The van der Waals surface area contributed by atoms with Crippen molar-refractivity contribution >= 4 is 55.6 Å². The third-order valence-corrected chi connectivity index (χ3v) is 10.9. The Balaban J connectivity index is 2.45. The van der Waals surface area contributed by atoms with Crippen molar-refractivity contribution < 1.29 is 0 Å². The molecule has 7 heteroatoms. The van der Waals surface area contributed by atoms with Crippen LogP contribution in [0.4, 0.5) is 0 Å². The van der Waals surface area contributed by atoms with Gasteiger partial charge in [-0.2, -0.15) is 0 Å². The molecule has 0 radical (unpaired) electrons. The second-order valence-electron chi connectivity index (χ2n) is 2.06. The minimum atomic E-state index is 0.478. The molecule has 0 aliphatic carbocycles. The molecule has 0 rings (SSSR count). The van der Waals surface area contributed by atoms with Gasteiger partial charge in [-0.15, -0.1) is 0 Å². The predicted molar refractivity (Wildman–Crippen MR) is 57.0 cm³/mol. The minimum absolute atomic E-state index is 0.478. The van der Waals surface area contributed by atoms with Crippen LogP contribution in [-0.2, 0) is 0 Å². The maximum atomic E-state index is 2.43. The average molecular weight is 140 g/mol. The summed E-state index contributed by atoms with van der Waals surface area (Å²) in [6, 6.07) is 0. The molecule has 0 bridgehead atoms. The summed E-state index contributed by atoms with van der Waals surface area (Å²) in [6.07, 6.45) is 0. The van der Waals surface area contributed by atoms with Crippen LogP contribution >= 0.6 is 0 Å². The molecule has 0 aromatic rings. The second-order valence-corrected chi connectivity index (χ2v) is 10.4. The Morgan fingerprint density at radius 1 is 1.00 bits per heavy atom. The second kappa shape index (κ2) is 6.91. The van der Waals surface area contributed by atoms with E-state index in [4.69, 9.17) is 0 Å². The van der Waals surface area contributed by atoms with E-state index in [0.29, 0.717) is 27.8 Å². The fourth-order valence-corrected chi connectivity index (χ4v) is 9.27. The monoisotopic (exact) mass is 140 g/mol. The maximum absolute atomic E-state index is 2.43. The predicted octanol–water partition coefficient (Wildman–Crippen LogP) is -5.88. The van der Waals surface area contributed by atoms with Crippen LogP contribution in [0.15, 0.2) is 0 Å². The lowest BCUT2D eigenvalue weighted by atomic mass is 10.6. The molecule has 0 N–H and O–H groups in total. The van der Waals surface area contributed by atoms with E-state index in [-0.39, 0.29) is 0 Å². The summed E-state index contributed by atoms with van der Waals surface area (Å²) < 4.78 is 0. The first kappa shape index (κ1) is 7.91. The van der Waals surface area contributed by atoms with Gasteiger partial charge < -0.3 is 0 Å². The van der Waals surface area contributed by atoms with Crippen LogP contribution in [0.25, 0.3) is 0 Å². The van der Waals surface area contributed by atoms with Crippen molar-refractivity contribution in [3.05, 3.63) is 0 Å². The van der Waals surface area contributed by atoms with Gasteiger partial charge in [0.1, 0.15) is 0 Å². The van der Waals surface area contributed by atoms with Gasteiger partial charge in [0.2, 0.25) is 0 Å². The topological polar surface area (TPSA) is 0 Å². The molecule has 0 saturated heterocycles. The fraction of sp³-hybridized carbons (Fsp3) is 0. The van der Waals surface area contributed by atoms with E-state index in [2.05, 4.69) is 14.9 Å².